The monoisotopic (exact) mass is 280 g/mol. The molecule has 3 rings (SSSR count). The molecule has 20 heavy (non-hydrogen) atoms. The first kappa shape index (κ1) is 14.8. The summed E-state index contributed by atoms with van der Waals surface area (Å²) in [7, 11) is 0. The molecule has 0 aromatic carbocycles. The number of nitrogens with zero attached hydrogens (tertiary/aromatic N) is 1. The molecule has 1 saturated carbocycles. The van der Waals surface area contributed by atoms with Gasteiger partial charge >= 0.3 is 0 Å². The molecular formula is C17H32N2O. The summed E-state index contributed by atoms with van der Waals surface area (Å²) in [5.74, 6) is 0.925. The minimum atomic E-state index is 0.262. The number of nitrogens with one attached hydrogen (secondary N) is 1. The van der Waals surface area contributed by atoms with Gasteiger partial charge in [-0.1, -0.05) is 0 Å². The first-order valence-corrected chi connectivity index (χ1v) is 8.61. The average Bonchev–Trinajstić information content (AvgIpc) is 3.13. The molecule has 0 amide bonds. The van der Waals surface area contributed by atoms with Crippen molar-refractivity contribution in [3.05, 3.63) is 0 Å². The van der Waals surface area contributed by atoms with E-state index in [9.17, 15) is 0 Å². The van der Waals surface area contributed by atoms with Crippen molar-refractivity contribution in [2.24, 2.45) is 5.92 Å². The van der Waals surface area contributed by atoms with Crippen LogP contribution < -0.4 is 5.32 Å². The van der Waals surface area contributed by atoms with Crippen molar-refractivity contribution in [1.29, 1.82) is 0 Å². The smallest absolute Gasteiger partial charge is 0.0576 e. The third-order valence-electron chi connectivity index (χ3n) is 5.67. The van der Waals surface area contributed by atoms with E-state index >= 15 is 0 Å². The molecule has 0 aromatic heterocycles. The standard InChI is InChI=1S/C17H32N2O/c1-16(2)13-19(10-4-6-15-7-5-11-20-15)17(3,12-18-16)14-8-9-14/h14-15,18H,4-13H2,1-3H3. The fraction of sp³-hybridized carbons (Fsp3) is 1.00. The van der Waals surface area contributed by atoms with E-state index in [4.69, 9.17) is 4.74 Å². The number of hydrogen-bond acceptors (Lipinski definition) is 3. The van der Waals surface area contributed by atoms with E-state index in [1.165, 1.54) is 51.6 Å². The van der Waals surface area contributed by atoms with Crippen molar-refractivity contribution in [2.45, 2.75) is 76.5 Å². The highest BCUT2D eigenvalue weighted by atomic mass is 16.5. The molecule has 0 bridgehead atoms. The molecular weight excluding hydrogens is 248 g/mol. The Kier molecular flexibility index (Phi) is 4.13. The van der Waals surface area contributed by atoms with Gasteiger partial charge in [-0.15, -0.1) is 0 Å². The molecule has 3 heteroatoms. The van der Waals surface area contributed by atoms with E-state index in [0.717, 1.165) is 19.1 Å². The van der Waals surface area contributed by atoms with Gasteiger partial charge in [0.05, 0.1) is 6.10 Å². The maximum atomic E-state index is 5.76. The minimum absolute atomic E-state index is 0.262. The van der Waals surface area contributed by atoms with Crippen molar-refractivity contribution in [2.75, 3.05) is 26.2 Å². The summed E-state index contributed by atoms with van der Waals surface area (Å²) in [5, 5.41) is 3.77. The van der Waals surface area contributed by atoms with Gasteiger partial charge in [0, 0.05) is 30.8 Å². The summed E-state index contributed by atoms with van der Waals surface area (Å²) in [6.07, 6.45) is 8.52. The van der Waals surface area contributed by atoms with Gasteiger partial charge in [-0.3, -0.25) is 4.90 Å². The van der Waals surface area contributed by atoms with Crippen molar-refractivity contribution < 1.29 is 4.74 Å². The molecule has 3 nitrogen and oxygen atoms in total. The molecule has 116 valence electrons. The van der Waals surface area contributed by atoms with Gasteiger partial charge in [-0.05, 0) is 71.8 Å². The number of ether oxygens (including phenoxy) is 1. The first-order chi connectivity index (χ1) is 9.50. The van der Waals surface area contributed by atoms with Crippen LogP contribution in [0.1, 0.15) is 59.3 Å². The van der Waals surface area contributed by atoms with Crippen molar-refractivity contribution in [3.8, 4) is 0 Å². The molecule has 0 radical (unpaired) electrons. The zero-order valence-corrected chi connectivity index (χ0v) is 13.6. The Labute approximate surface area is 124 Å². The van der Waals surface area contributed by atoms with Crippen LogP contribution in [-0.2, 0) is 4.74 Å². The van der Waals surface area contributed by atoms with Gasteiger partial charge in [-0.25, -0.2) is 0 Å². The van der Waals surface area contributed by atoms with E-state index in [1.807, 2.05) is 0 Å². The fourth-order valence-electron chi connectivity index (χ4n) is 4.07. The topological polar surface area (TPSA) is 24.5 Å². The minimum Gasteiger partial charge on any atom is -0.378 e. The van der Waals surface area contributed by atoms with Gasteiger partial charge in [0.2, 0.25) is 0 Å². The Bertz CT molecular complexity index is 334. The lowest BCUT2D eigenvalue weighted by Crippen LogP contribution is -2.68. The van der Waals surface area contributed by atoms with Gasteiger partial charge in [0.1, 0.15) is 0 Å². The highest BCUT2D eigenvalue weighted by Gasteiger charge is 2.49. The van der Waals surface area contributed by atoms with Crippen LogP contribution >= 0.6 is 0 Å². The van der Waals surface area contributed by atoms with Crippen LogP contribution in [0.4, 0.5) is 0 Å². The molecule has 1 N–H and O–H groups in total. The summed E-state index contributed by atoms with van der Waals surface area (Å²) < 4.78 is 5.76. The Balaban J connectivity index is 1.55. The third-order valence-corrected chi connectivity index (χ3v) is 5.67. The molecule has 2 heterocycles. The summed E-state index contributed by atoms with van der Waals surface area (Å²) in [4.78, 5) is 2.79. The van der Waals surface area contributed by atoms with E-state index in [1.54, 1.807) is 0 Å². The van der Waals surface area contributed by atoms with Crippen molar-refractivity contribution >= 4 is 0 Å². The van der Waals surface area contributed by atoms with Crippen LogP contribution in [0.2, 0.25) is 0 Å². The van der Waals surface area contributed by atoms with E-state index in [2.05, 4.69) is 31.0 Å². The lowest BCUT2D eigenvalue weighted by atomic mass is 9.85. The molecule has 2 aliphatic heterocycles. The highest BCUT2D eigenvalue weighted by molar-refractivity contribution is 5.07. The number of hydrogen-bond donors (Lipinski definition) is 1. The Morgan fingerprint density at radius 3 is 2.65 bits per heavy atom. The quantitative estimate of drug-likeness (QED) is 0.838. The molecule has 2 saturated heterocycles. The lowest BCUT2D eigenvalue weighted by molar-refractivity contribution is 0.00714. The second-order valence-corrected chi connectivity index (χ2v) is 8.07. The first-order valence-electron chi connectivity index (χ1n) is 8.61. The summed E-state index contributed by atoms with van der Waals surface area (Å²) >= 11 is 0. The molecule has 2 atom stereocenters. The largest absolute Gasteiger partial charge is 0.378 e. The van der Waals surface area contributed by atoms with Gasteiger partial charge in [0.15, 0.2) is 0 Å². The van der Waals surface area contributed by atoms with Crippen LogP contribution in [0.15, 0.2) is 0 Å². The summed E-state index contributed by atoms with van der Waals surface area (Å²) in [5.41, 5.74) is 0.657. The van der Waals surface area contributed by atoms with E-state index < -0.39 is 0 Å². The molecule has 0 aromatic rings. The van der Waals surface area contributed by atoms with Crippen molar-refractivity contribution in [3.63, 3.8) is 0 Å². The molecule has 0 spiro atoms. The predicted octanol–water partition coefficient (Wildman–Crippen LogP) is 2.80. The Morgan fingerprint density at radius 1 is 1.20 bits per heavy atom. The fourth-order valence-corrected chi connectivity index (χ4v) is 4.07. The maximum Gasteiger partial charge on any atom is 0.0576 e. The second-order valence-electron chi connectivity index (χ2n) is 8.07. The lowest BCUT2D eigenvalue weighted by Gasteiger charge is -2.52. The highest BCUT2D eigenvalue weighted by Crippen LogP contribution is 2.44. The maximum absolute atomic E-state index is 5.76. The zero-order valence-electron chi connectivity index (χ0n) is 13.6. The predicted molar refractivity (Wildman–Crippen MR) is 83.0 cm³/mol. The molecule has 1 aliphatic carbocycles. The molecule has 3 fully saturated rings. The van der Waals surface area contributed by atoms with Crippen LogP contribution in [0, 0.1) is 5.92 Å². The molecule has 3 aliphatic rings. The second kappa shape index (κ2) is 5.58. The van der Waals surface area contributed by atoms with E-state index in [-0.39, 0.29) is 5.54 Å². The zero-order chi connectivity index (χ0) is 14.2. The summed E-state index contributed by atoms with van der Waals surface area (Å²) in [6, 6.07) is 0. The van der Waals surface area contributed by atoms with Crippen LogP contribution in [0.25, 0.3) is 0 Å². The summed E-state index contributed by atoms with van der Waals surface area (Å²) in [6.45, 7) is 11.7. The number of piperazine rings is 1. The SMILES string of the molecule is CC1(C)CN(CCCC2CCCO2)C(C)(C2CC2)CN1. The molecule has 2 unspecified atom stereocenters. The van der Waals surface area contributed by atoms with Gasteiger partial charge < -0.3 is 10.1 Å². The average molecular weight is 280 g/mol. The normalized spacial score (nSPS) is 38.2. The van der Waals surface area contributed by atoms with Crippen LogP contribution in [0.5, 0.6) is 0 Å². The van der Waals surface area contributed by atoms with E-state index in [0.29, 0.717) is 11.6 Å². The third kappa shape index (κ3) is 3.20. The van der Waals surface area contributed by atoms with Gasteiger partial charge in [0.25, 0.3) is 0 Å². The Morgan fingerprint density at radius 2 is 2.00 bits per heavy atom. The van der Waals surface area contributed by atoms with Crippen LogP contribution in [0.3, 0.4) is 0 Å². The number of rotatable bonds is 5. The van der Waals surface area contributed by atoms with Crippen molar-refractivity contribution in [1.82, 2.24) is 10.2 Å². The van der Waals surface area contributed by atoms with Crippen LogP contribution in [-0.4, -0.2) is 48.3 Å². The Hall–Kier alpha value is -0.120. The van der Waals surface area contributed by atoms with Gasteiger partial charge in [-0.2, -0.15) is 0 Å².